The van der Waals surface area contributed by atoms with Gasteiger partial charge < -0.3 is 14.2 Å². The zero-order valence-corrected chi connectivity index (χ0v) is 20.2. The van der Waals surface area contributed by atoms with Crippen LogP contribution in [0.2, 0.25) is 0 Å². The van der Waals surface area contributed by atoms with Gasteiger partial charge in [0, 0.05) is 16.7 Å². The fourth-order valence-corrected chi connectivity index (χ4v) is 4.26. The van der Waals surface area contributed by atoms with Crippen molar-refractivity contribution in [2.24, 2.45) is 0 Å². The van der Waals surface area contributed by atoms with Crippen molar-refractivity contribution in [3.05, 3.63) is 83.9 Å². The van der Waals surface area contributed by atoms with Gasteiger partial charge in [0.05, 0.1) is 19.9 Å². The maximum Gasteiger partial charge on any atom is 0.261 e. The van der Waals surface area contributed by atoms with Crippen molar-refractivity contribution in [2.45, 2.75) is 11.4 Å². The van der Waals surface area contributed by atoms with E-state index in [1.54, 1.807) is 43.4 Å². The predicted molar refractivity (Wildman–Crippen MR) is 133 cm³/mol. The second-order valence-corrected chi connectivity index (χ2v) is 8.37. The number of hydrogen-bond donors (Lipinski definition) is 0. The van der Waals surface area contributed by atoms with Crippen molar-refractivity contribution in [3.63, 3.8) is 0 Å². The SMILES string of the molecule is COc1ccc([C@@H]2Oc3nc(SC)nnc3-c3ccccc3N2C(=O)c2ccccc2)cc1OC. The Morgan fingerprint density at radius 1 is 0.943 bits per heavy atom. The summed E-state index contributed by atoms with van der Waals surface area (Å²) in [4.78, 5) is 20.2. The van der Waals surface area contributed by atoms with E-state index >= 15 is 0 Å². The summed E-state index contributed by atoms with van der Waals surface area (Å²) in [5.41, 5.74) is 2.99. The summed E-state index contributed by atoms with van der Waals surface area (Å²) in [5.74, 6) is 1.15. The summed E-state index contributed by atoms with van der Waals surface area (Å²) in [6.07, 6.45) is 1.00. The van der Waals surface area contributed by atoms with E-state index in [1.165, 1.54) is 11.8 Å². The fourth-order valence-electron chi connectivity index (χ4n) is 3.96. The maximum atomic E-state index is 14.0. The molecule has 2 heterocycles. The van der Waals surface area contributed by atoms with E-state index in [4.69, 9.17) is 14.2 Å². The Morgan fingerprint density at radius 2 is 1.69 bits per heavy atom. The highest BCUT2D eigenvalue weighted by molar-refractivity contribution is 7.98. The van der Waals surface area contributed by atoms with Crippen LogP contribution < -0.4 is 19.1 Å². The number of aromatic nitrogens is 3. The number of para-hydroxylation sites is 1. The molecule has 0 aliphatic carbocycles. The maximum absolute atomic E-state index is 14.0. The van der Waals surface area contributed by atoms with Gasteiger partial charge in [0.1, 0.15) is 0 Å². The van der Waals surface area contributed by atoms with E-state index in [9.17, 15) is 4.79 Å². The lowest BCUT2D eigenvalue weighted by molar-refractivity contribution is 0.0909. The van der Waals surface area contributed by atoms with Crippen LogP contribution in [0.25, 0.3) is 11.3 Å². The number of thioether (sulfide) groups is 1. The largest absolute Gasteiger partial charge is 0.493 e. The molecule has 0 bridgehead atoms. The molecule has 3 aromatic carbocycles. The number of carbonyl (C=O) groups is 1. The average Bonchev–Trinajstić information content (AvgIpc) is 3.07. The van der Waals surface area contributed by atoms with Gasteiger partial charge >= 0.3 is 0 Å². The van der Waals surface area contributed by atoms with Crippen LogP contribution in [-0.2, 0) is 0 Å². The van der Waals surface area contributed by atoms with Crippen molar-refractivity contribution in [1.29, 1.82) is 0 Å². The molecule has 5 rings (SSSR count). The Labute approximate surface area is 206 Å². The predicted octanol–water partition coefficient (Wildman–Crippen LogP) is 5.02. The molecule has 0 spiro atoms. The quantitative estimate of drug-likeness (QED) is 0.364. The van der Waals surface area contributed by atoms with E-state index in [0.29, 0.717) is 50.6 Å². The number of benzene rings is 3. The molecule has 9 heteroatoms. The van der Waals surface area contributed by atoms with Crippen LogP contribution in [0, 0.1) is 0 Å². The van der Waals surface area contributed by atoms with E-state index in [1.807, 2.05) is 54.8 Å². The van der Waals surface area contributed by atoms with Gasteiger partial charge in [0.25, 0.3) is 5.91 Å². The Balaban J connectivity index is 1.76. The molecule has 0 saturated carbocycles. The van der Waals surface area contributed by atoms with Gasteiger partial charge in [0.2, 0.25) is 17.3 Å². The molecule has 1 aliphatic rings. The summed E-state index contributed by atoms with van der Waals surface area (Å²) < 4.78 is 17.4. The van der Waals surface area contributed by atoms with Crippen LogP contribution in [0.3, 0.4) is 0 Å². The number of carbonyl (C=O) groups excluding carboxylic acids is 1. The zero-order valence-electron chi connectivity index (χ0n) is 19.3. The summed E-state index contributed by atoms with van der Waals surface area (Å²) >= 11 is 1.36. The first-order valence-corrected chi connectivity index (χ1v) is 12.0. The van der Waals surface area contributed by atoms with Crippen LogP contribution in [-0.4, -0.2) is 41.6 Å². The number of ether oxygens (including phenoxy) is 3. The number of nitrogens with zero attached hydrogens (tertiary/aromatic N) is 4. The number of anilines is 1. The monoisotopic (exact) mass is 486 g/mol. The van der Waals surface area contributed by atoms with Crippen LogP contribution >= 0.6 is 11.8 Å². The Morgan fingerprint density at radius 3 is 2.43 bits per heavy atom. The molecular weight excluding hydrogens is 464 g/mol. The molecule has 35 heavy (non-hydrogen) atoms. The molecule has 0 fully saturated rings. The standard InChI is InChI=1S/C26H22N4O4S/c1-32-20-14-13-17(15-21(20)33-2)25-30(24(31)16-9-5-4-6-10-16)19-12-8-7-11-18(19)22-23(34-25)27-26(35-3)29-28-22/h4-15,25H,1-3H3/t25-/m0/s1. The van der Waals surface area contributed by atoms with E-state index in [0.717, 1.165) is 0 Å². The van der Waals surface area contributed by atoms with Crippen LogP contribution in [0.4, 0.5) is 5.69 Å². The highest BCUT2D eigenvalue weighted by Crippen LogP contribution is 2.44. The lowest BCUT2D eigenvalue weighted by Crippen LogP contribution is -2.37. The van der Waals surface area contributed by atoms with Crippen molar-refractivity contribution < 1.29 is 19.0 Å². The highest BCUT2D eigenvalue weighted by atomic mass is 32.2. The first kappa shape index (κ1) is 22.7. The molecule has 0 N–H and O–H groups in total. The van der Waals surface area contributed by atoms with E-state index in [2.05, 4.69) is 15.2 Å². The van der Waals surface area contributed by atoms with Gasteiger partial charge in [-0.1, -0.05) is 48.2 Å². The van der Waals surface area contributed by atoms with Gasteiger partial charge in [0.15, 0.2) is 17.2 Å². The number of fused-ring (bicyclic) bond motifs is 3. The lowest BCUT2D eigenvalue weighted by atomic mass is 10.1. The molecule has 176 valence electrons. The topological polar surface area (TPSA) is 86.7 Å². The normalized spacial score (nSPS) is 14.3. The third-order valence-electron chi connectivity index (χ3n) is 5.63. The van der Waals surface area contributed by atoms with E-state index in [-0.39, 0.29) is 5.91 Å². The summed E-state index contributed by atoms with van der Waals surface area (Å²) in [6.45, 7) is 0. The molecule has 1 atom stereocenters. The molecule has 8 nitrogen and oxygen atoms in total. The van der Waals surface area contributed by atoms with Crippen molar-refractivity contribution in [3.8, 4) is 28.6 Å². The van der Waals surface area contributed by atoms with Gasteiger partial charge in [-0.15, -0.1) is 10.2 Å². The van der Waals surface area contributed by atoms with Crippen LogP contribution in [0.1, 0.15) is 22.1 Å². The minimum Gasteiger partial charge on any atom is -0.493 e. The van der Waals surface area contributed by atoms with Gasteiger partial charge in [-0.3, -0.25) is 9.69 Å². The zero-order chi connectivity index (χ0) is 24.4. The van der Waals surface area contributed by atoms with Crippen molar-refractivity contribution in [1.82, 2.24) is 15.2 Å². The summed E-state index contributed by atoms with van der Waals surface area (Å²) in [7, 11) is 3.14. The first-order chi connectivity index (χ1) is 17.1. The molecule has 0 radical (unpaired) electrons. The number of methoxy groups -OCH3 is 2. The number of amides is 1. The molecular formula is C26H22N4O4S. The van der Waals surface area contributed by atoms with E-state index < -0.39 is 6.23 Å². The molecule has 4 aromatic rings. The molecule has 0 saturated heterocycles. The summed E-state index contributed by atoms with van der Waals surface area (Å²) in [6, 6.07) is 22.0. The third kappa shape index (κ3) is 4.15. The Hall–Kier alpha value is -4.11. The molecule has 1 aromatic heterocycles. The van der Waals surface area contributed by atoms with Crippen molar-refractivity contribution >= 4 is 23.4 Å². The molecule has 0 unspecified atom stereocenters. The first-order valence-electron chi connectivity index (χ1n) is 10.8. The number of hydrogen-bond acceptors (Lipinski definition) is 8. The van der Waals surface area contributed by atoms with Gasteiger partial charge in [-0.25, -0.2) is 0 Å². The van der Waals surface area contributed by atoms with Gasteiger partial charge in [-0.2, -0.15) is 4.98 Å². The fraction of sp³-hybridized carbons (Fsp3) is 0.154. The Kier molecular flexibility index (Phi) is 6.24. The second kappa shape index (κ2) is 9.63. The Bertz CT molecular complexity index is 1380. The summed E-state index contributed by atoms with van der Waals surface area (Å²) in [5, 5.41) is 9.08. The number of rotatable bonds is 5. The highest BCUT2D eigenvalue weighted by Gasteiger charge is 2.36. The molecule has 1 aliphatic heterocycles. The second-order valence-electron chi connectivity index (χ2n) is 7.60. The van der Waals surface area contributed by atoms with Crippen molar-refractivity contribution in [2.75, 3.05) is 25.4 Å². The minimum absolute atomic E-state index is 0.233. The smallest absolute Gasteiger partial charge is 0.261 e. The van der Waals surface area contributed by atoms with Crippen LogP contribution in [0.5, 0.6) is 17.4 Å². The lowest BCUT2D eigenvalue weighted by Gasteiger charge is -2.31. The molecule has 1 amide bonds. The minimum atomic E-state index is -0.865. The third-order valence-corrected chi connectivity index (χ3v) is 6.16. The average molecular weight is 487 g/mol. The van der Waals surface area contributed by atoms with Gasteiger partial charge in [-0.05, 0) is 42.7 Å². The van der Waals surface area contributed by atoms with Crippen LogP contribution in [0.15, 0.2) is 78.0 Å².